The second-order valence-electron chi connectivity index (χ2n) is 7.14. The third-order valence-electron chi connectivity index (χ3n) is 3.95. The third kappa shape index (κ3) is 3.81. The number of hydrogen-bond acceptors (Lipinski definition) is 2. The van der Waals surface area contributed by atoms with Gasteiger partial charge >= 0.3 is 0 Å². The van der Waals surface area contributed by atoms with E-state index >= 15 is 0 Å². The Balaban J connectivity index is 2.41. The quantitative estimate of drug-likeness (QED) is 0.937. The van der Waals surface area contributed by atoms with E-state index in [4.69, 9.17) is 0 Å². The van der Waals surface area contributed by atoms with E-state index < -0.39 is 5.41 Å². The zero-order valence-electron chi connectivity index (χ0n) is 14.7. The van der Waals surface area contributed by atoms with Crippen LogP contribution in [0.2, 0.25) is 0 Å². The lowest BCUT2D eigenvalue weighted by Crippen LogP contribution is -2.40. The lowest BCUT2D eigenvalue weighted by Gasteiger charge is -2.29. The highest BCUT2D eigenvalue weighted by molar-refractivity contribution is 5.83. The Morgan fingerprint density at radius 1 is 1.26 bits per heavy atom. The SMILES string of the molecule is CCCN(Cc1cc2cccc(C)c2[nH]c1=O)C(=O)C(C)(C)C. The standard InChI is InChI=1S/C19H26N2O2/c1-6-10-21(18(23)19(3,4)5)12-15-11-14-9-7-8-13(2)16(14)20-17(15)22/h7-9,11H,6,10,12H2,1-5H3,(H,20,22). The molecule has 1 amide bonds. The van der Waals surface area contributed by atoms with E-state index in [2.05, 4.69) is 4.98 Å². The predicted molar refractivity (Wildman–Crippen MR) is 94.5 cm³/mol. The number of para-hydroxylation sites is 1. The summed E-state index contributed by atoms with van der Waals surface area (Å²) in [6.07, 6.45) is 0.867. The molecule has 0 aliphatic carbocycles. The highest BCUT2D eigenvalue weighted by Gasteiger charge is 2.27. The molecule has 0 aliphatic heterocycles. The fourth-order valence-electron chi connectivity index (χ4n) is 2.75. The van der Waals surface area contributed by atoms with Crippen LogP contribution in [0.4, 0.5) is 0 Å². The highest BCUT2D eigenvalue weighted by Crippen LogP contribution is 2.20. The van der Waals surface area contributed by atoms with Gasteiger partial charge in [-0.3, -0.25) is 9.59 Å². The summed E-state index contributed by atoms with van der Waals surface area (Å²) in [7, 11) is 0. The van der Waals surface area contributed by atoms with Crippen LogP contribution in [-0.2, 0) is 11.3 Å². The number of aromatic nitrogens is 1. The van der Waals surface area contributed by atoms with Crippen LogP contribution in [0.1, 0.15) is 45.2 Å². The second-order valence-corrected chi connectivity index (χ2v) is 7.14. The second kappa shape index (κ2) is 6.57. The van der Waals surface area contributed by atoms with E-state index in [1.807, 2.05) is 58.9 Å². The van der Waals surface area contributed by atoms with Crippen molar-refractivity contribution in [2.75, 3.05) is 6.54 Å². The largest absolute Gasteiger partial charge is 0.338 e. The monoisotopic (exact) mass is 314 g/mol. The molecule has 0 radical (unpaired) electrons. The van der Waals surface area contributed by atoms with Crippen molar-refractivity contribution >= 4 is 16.8 Å². The molecule has 0 unspecified atom stereocenters. The van der Waals surface area contributed by atoms with Gasteiger partial charge in [0.2, 0.25) is 5.91 Å². The van der Waals surface area contributed by atoms with Crippen LogP contribution in [-0.4, -0.2) is 22.3 Å². The van der Waals surface area contributed by atoms with Crippen molar-refractivity contribution in [2.24, 2.45) is 5.41 Å². The third-order valence-corrected chi connectivity index (χ3v) is 3.95. The first-order valence-electron chi connectivity index (χ1n) is 8.15. The first kappa shape index (κ1) is 17.3. The summed E-state index contributed by atoms with van der Waals surface area (Å²) in [6, 6.07) is 7.84. The molecule has 0 atom stereocenters. The van der Waals surface area contributed by atoms with Crippen molar-refractivity contribution in [1.29, 1.82) is 0 Å². The fourth-order valence-corrected chi connectivity index (χ4v) is 2.75. The smallest absolute Gasteiger partial charge is 0.253 e. The minimum atomic E-state index is -0.449. The Morgan fingerprint density at radius 3 is 2.57 bits per heavy atom. The number of carbonyl (C=O) groups excluding carboxylic acids is 1. The van der Waals surface area contributed by atoms with Gasteiger partial charge in [0.15, 0.2) is 0 Å². The van der Waals surface area contributed by atoms with Crippen molar-refractivity contribution in [3.8, 4) is 0 Å². The summed E-state index contributed by atoms with van der Waals surface area (Å²) in [4.78, 5) is 29.7. The summed E-state index contributed by atoms with van der Waals surface area (Å²) >= 11 is 0. The summed E-state index contributed by atoms with van der Waals surface area (Å²) < 4.78 is 0. The number of benzene rings is 1. The number of nitrogens with one attached hydrogen (secondary N) is 1. The Kier molecular flexibility index (Phi) is 4.93. The molecule has 0 bridgehead atoms. The van der Waals surface area contributed by atoms with Crippen molar-refractivity contribution in [3.05, 3.63) is 45.7 Å². The molecule has 1 N–H and O–H groups in total. The Bertz CT molecular complexity index is 769. The molecule has 0 aliphatic rings. The molecule has 0 fully saturated rings. The summed E-state index contributed by atoms with van der Waals surface area (Å²) in [5.41, 5.74) is 1.98. The molecule has 2 rings (SSSR count). The molecule has 0 spiro atoms. The van der Waals surface area contributed by atoms with Gasteiger partial charge in [0, 0.05) is 17.5 Å². The number of fused-ring (bicyclic) bond motifs is 1. The van der Waals surface area contributed by atoms with Crippen LogP contribution >= 0.6 is 0 Å². The van der Waals surface area contributed by atoms with Gasteiger partial charge < -0.3 is 9.88 Å². The maximum atomic E-state index is 12.6. The van der Waals surface area contributed by atoms with Crippen molar-refractivity contribution < 1.29 is 4.79 Å². The molecular formula is C19H26N2O2. The number of H-pyrrole nitrogens is 1. The molecule has 4 heteroatoms. The first-order valence-corrected chi connectivity index (χ1v) is 8.15. The van der Waals surface area contributed by atoms with Gasteiger partial charge in [0.1, 0.15) is 0 Å². The molecule has 4 nitrogen and oxygen atoms in total. The number of carbonyl (C=O) groups is 1. The minimum absolute atomic E-state index is 0.0723. The first-order chi connectivity index (χ1) is 10.7. The number of amides is 1. The topological polar surface area (TPSA) is 53.2 Å². The lowest BCUT2D eigenvalue weighted by molar-refractivity contribution is -0.140. The van der Waals surface area contributed by atoms with Crippen molar-refractivity contribution in [2.45, 2.75) is 47.6 Å². The molecule has 1 aromatic carbocycles. The van der Waals surface area contributed by atoms with E-state index in [9.17, 15) is 9.59 Å². The zero-order chi connectivity index (χ0) is 17.2. The number of aryl methyl sites for hydroxylation is 1. The van der Waals surface area contributed by atoms with Crippen LogP contribution in [0.25, 0.3) is 10.9 Å². The number of hydrogen-bond donors (Lipinski definition) is 1. The predicted octanol–water partition coefficient (Wildman–Crippen LogP) is 3.62. The number of nitrogens with zero attached hydrogens (tertiary/aromatic N) is 1. The number of aromatic amines is 1. The van der Waals surface area contributed by atoms with Crippen LogP contribution < -0.4 is 5.56 Å². The Morgan fingerprint density at radius 2 is 1.96 bits per heavy atom. The Labute approximate surface area is 137 Å². The number of rotatable bonds is 4. The molecule has 1 aromatic heterocycles. The van der Waals surface area contributed by atoms with Gasteiger partial charge in [0.05, 0.1) is 12.1 Å². The molecular weight excluding hydrogens is 288 g/mol. The van der Waals surface area contributed by atoms with Gasteiger partial charge in [-0.25, -0.2) is 0 Å². The van der Waals surface area contributed by atoms with Crippen LogP contribution in [0.5, 0.6) is 0 Å². The van der Waals surface area contributed by atoms with Gasteiger partial charge in [-0.15, -0.1) is 0 Å². The number of pyridine rings is 1. The lowest BCUT2D eigenvalue weighted by atomic mass is 9.94. The van der Waals surface area contributed by atoms with Crippen LogP contribution in [0.15, 0.2) is 29.1 Å². The van der Waals surface area contributed by atoms with E-state index in [-0.39, 0.29) is 11.5 Å². The van der Waals surface area contributed by atoms with Crippen LogP contribution in [0, 0.1) is 12.3 Å². The minimum Gasteiger partial charge on any atom is -0.338 e. The summed E-state index contributed by atoms with van der Waals surface area (Å²) in [5, 5.41) is 0.999. The summed E-state index contributed by atoms with van der Waals surface area (Å²) in [5.74, 6) is 0.0723. The molecule has 0 saturated carbocycles. The molecule has 1 heterocycles. The molecule has 124 valence electrons. The van der Waals surface area contributed by atoms with E-state index in [1.54, 1.807) is 4.90 Å². The van der Waals surface area contributed by atoms with Gasteiger partial charge in [-0.1, -0.05) is 45.9 Å². The van der Waals surface area contributed by atoms with Gasteiger partial charge in [-0.2, -0.15) is 0 Å². The summed E-state index contributed by atoms with van der Waals surface area (Å²) in [6.45, 7) is 10.7. The normalized spacial score (nSPS) is 11.7. The fraction of sp³-hybridized carbons (Fsp3) is 0.474. The molecule has 0 saturated heterocycles. The van der Waals surface area contributed by atoms with E-state index in [0.29, 0.717) is 18.7 Å². The zero-order valence-corrected chi connectivity index (χ0v) is 14.7. The van der Waals surface area contributed by atoms with E-state index in [0.717, 1.165) is 22.9 Å². The average Bonchev–Trinajstić information content (AvgIpc) is 2.47. The maximum absolute atomic E-state index is 12.6. The maximum Gasteiger partial charge on any atom is 0.253 e. The van der Waals surface area contributed by atoms with Gasteiger partial charge in [-0.05, 0) is 30.4 Å². The molecule has 2 aromatic rings. The molecule has 23 heavy (non-hydrogen) atoms. The van der Waals surface area contributed by atoms with Gasteiger partial charge in [0.25, 0.3) is 5.56 Å². The van der Waals surface area contributed by atoms with E-state index in [1.165, 1.54) is 0 Å². The average molecular weight is 314 g/mol. The van der Waals surface area contributed by atoms with Crippen molar-refractivity contribution in [3.63, 3.8) is 0 Å². The highest BCUT2D eigenvalue weighted by atomic mass is 16.2. The van der Waals surface area contributed by atoms with Crippen molar-refractivity contribution in [1.82, 2.24) is 9.88 Å². The van der Waals surface area contributed by atoms with Crippen LogP contribution in [0.3, 0.4) is 0 Å². The Hall–Kier alpha value is -2.10.